The molecule has 0 saturated carbocycles. The van der Waals surface area contributed by atoms with Crippen LogP contribution in [0.5, 0.6) is 11.5 Å². The van der Waals surface area contributed by atoms with Crippen molar-refractivity contribution in [1.82, 2.24) is 0 Å². The molecular weight excluding hydrogens is 388 g/mol. The SMILES string of the molecule is CCOc1cc2c(cc1OCC)C[NH+](CC(=O)Nc1c(C)cc(C)cc1Cl)CC2. The molecule has 1 aliphatic rings. The highest BCUT2D eigenvalue weighted by Gasteiger charge is 2.24. The van der Waals surface area contributed by atoms with Gasteiger partial charge in [0.2, 0.25) is 0 Å². The van der Waals surface area contributed by atoms with Crippen molar-refractivity contribution in [3.8, 4) is 11.5 Å². The summed E-state index contributed by atoms with van der Waals surface area (Å²) in [6.07, 6.45) is 0.911. The number of quaternary nitrogens is 1. The van der Waals surface area contributed by atoms with E-state index in [-0.39, 0.29) is 5.91 Å². The molecule has 1 heterocycles. The Morgan fingerprint density at radius 2 is 1.72 bits per heavy atom. The molecule has 2 aromatic carbocycles. The molecule has 29 heavy (non-hydrogen) atoms. The van der Waals surface area contributed by atoms with Gasteiger partial charge in [0.15, 0.2) is 18.0 Å². The molecule has 2 N–H and O–H groups in total. The van der Waals surface area contributed by atoms with Crippen LogP contribution >= 0.6 is 11.6 Å². The minimum Gasteiger partial charge on any atom is -0.490 e. The van der Waals surface area contributed by atoms with Gasteiger partial charge in [-0.15, -0.1) is 0 Å². The van der Waals surface area contributed by atoms with E-state index in [0.717, 1.165) is 42.1 Å². The summed E-state index contributed by atoms with van der Waals surface area (Å²) in [7, 11) is 0. The summed E-state index contributed by atoms with van der Waals surface area (Å²) in [6.45, 7) is 11.2. The van der Waals surface area contributed by atoms with Gasteiger partial charge in [-0.05, 0) is 62.6 Å². The topological polar surface area (TPSA) is 52.0 Å². The zero-order valence-electron chi connectivity index (χ0n) is 17.7. The monoisotopic (exact) mass is 417 g/mol. The van der Waals surface area contributed by atoms with Gasteiger partial charge in [0, 0.05) is 12.0 Å². The molecule has 0 radical (unpaired) electrons. The van der Waals surface area contributed by atoms with Gasteiger partial charge in [0.25, 0.3) is 5.91 Å². The van der Waals surface area contributed by atoms with Crippen LogP contribution in [0.4, 0.5) is 5.69 Å². The summed E-state index contributed by atoms with van der Waals surface area (Å²) < 4.78 is 11.5. The maximum absolute atomic E-state index is 12.7. The van der Waals surface area contributed by atoms with Crippen LogP contribution in [0.1, 0.15) is 36.1 Å². The predicted octanol–water partition coefficient (Wildman–Crippen LogP) is 3.33. The summed E-state index contributed by atoms with van der Waals surface area (Å²) in [5.74, 6) is 1.56. The zero-order valence-corrected chi connectivity index (χ0v) is 18.4. The summed E-state index contributed by atoms with van der Waals surface area (Å²) in [5, 5.41) is 3.58. The Morgan fingerprint density at radius 3 is 2.34 bits per heavy atom. The van der Waals surface area contributed by atoms with Crippen LogP contribution in [0.2, 0.25) is 5.02 Å². The average Bonchev–Trinajstić information content (AvgIpc) is 2.65. The van der Waals surface area contributed by atoms with Gasteiger partial charge in [-0.25, -0.2) is 0 Å². The Kier molecular flexibility index (Phi) is 7.04. The highest BCUT2D eigenvalue weighted by atomic mass is 35.5. The number of benzene rings is 2. The molecule has 0 fully saturated rings. The smallest absolute Gasteiger partial charge is 0.279 e. The lowest BCUT2D eigenvalue weighted by Gasteiger charge is -2.27. The number of halogens is 1. The van der Waals surface area contributed by atoms with Gasteiger partial charge in [0.05, 0.1) is 30.5 Å². The van der Waals surface area contributed by atoms with Gasteiger partial charge in [-0.1, -0.05) is 17.7 Å². The highest BCUT2D eigenvalue weighted by molar-refractivity contribution is 6.34. The van der Waals surface area contributed by atoms with E-state index in [9.17, 15) is 4.79 Å². The van der Waals surface area contributed by atoms with Gasteiger partial charge >= 0.3 is 0 Å². The van der Waals surface area contributed by atoms with Crippen molar-refractivity contribution < 1.29 is 19.2 Å². The molecule has 0 saturated heterocycles. The number of rotatable bonds is 7. The minimum absolute atomic E-state index is 0.0201. The molecule has 0 bridgehead atoms. The van der Waals surface area contributed by atoms with Crippen molar-refractivity contribution in [2.45, 2.75) is 40.7 Å². The summed E-state index contributed by atoms with van der Waals surface area (Å²) >= 11 is 6.33. The number of nitrogens with one attached hydrogen (secondary N) is 2. The van der Waals surface area contributed by atoms with Crippen LogP contribution < -0.4 is 19.7 Å². The van der Waals surface area contributed by atoms with E-state index < -0.39 is 0 Å². The summed E-state index contributed by atoms with van der Waals surface area (Å²) in [5.41, 5.74) is 5.26. The van der Waals surface area contributed by atoms with E-state index in [1.54, 1.807) is 0 Å². The molecular formula is C23H30ClN2O3+. The Balaban J connectivity index is 1.69. The summed E-state index contributed by atoms with van der Waals surface area (Å²) in [4.78, 5) is 13.9. The van der Waals surface area contributed by atoms with Crippen molar-refractivity contribution in [2.75, 3.05) is 31.6 Å². The van der Waals surface area contributed by atoms with E-state index in [1.807, 2.05) is 39.8 Å². The van der Waals surface area contributed by atoms with Crippen LogP contribution in [-0.4, -0.2) is 32.2 Å². The maximum Gasteiger partial charge on any atom is 0.279 e. The molecule has 0 aliphatic carbocycles. The van der Waals surface area contributed by atoms with Crippen molar-refractivity contribution in [3.05, 3.63) is 51.5 Å². The van der Waals surface area contributed by atoms with Crippen LogP contribution in [0.3, 0.4) is 0 Å². The number of carbonyl (C=O) groups is 1. The predicted molar refractivity (Wildman–Crippen MR) is 116 cm³/mol. The molecule has 1 atom stereocenters. The standard InChI is InChI=1S/C23H29ClN2O3/c1-5-28-20-11-17-7-8-26(13-18(17)12-21(20)29-6-2)14-22(27)25-23-16(4)9-15(3)10-19(23)24/h9-12H,5-8,13-14H2,1-4H3,(H,25,27)/p+1. The largest absolute Gasteiger partial charge is 0.490 e. The third-order valence-electron chi connectivity index (χ3n) is 5.16. The van der Waals surface area contributed by atoms with E-state index >= 15 is 0 Å². The fourth-order valence-electron chi connectivity index (χ4n) is 3.88. The van der Waals surface area contributed by atoms with Crippen LogP contribution in [0.15, 0.2) is 24.3 Å². The lowest BCUT2D eigenvalue weighted by Crippen LogP contribution is -3.12. The molecule has 3 rings (SSSR count). The molecule has 0 aromatic heterocycles. The first-order chi connectivity index (χ1) is 13.9. The second kappa shape index (κ2) is 9.51. The molecule has 156 valence electrons. The van der Waals surface area contributed by atoms with Crippen molar-refractivity contribution >= 4 is 23.2 Å². The first-order valence-corrected chi connectivity index (χ1v) is 10.6. The van der Waals surface area contributed by atoms with Crippen LogP contribution in [-0.2, 0) is 17.8 Å². The Morgan fingerprint density at radius 1 is 1.07 bits per heavy atom. The lowest BCUT2D eigenvalue weighted by molar-refractivity contribution is -0.907. The molecule has 1 aliphatic heterocycles. The number of aryl methyl sites for hydroxylation is 2. The van der Waals surface area contributed by atoms with Gasteiger partial charge in [-0.2, -0.15) is 0 Å². The number of hydrogen-bond acceptors (Lipinski definition) is 3. The van der Waals surface area contributed by atoms with Gasteiger partial charge < -0.3 is 19.7 Å². The highest BCUT2D eigenvalue weighted by Crippen LogP contribution is 2.32. The van der Waals surface area contributed by atoms with E-state index in [4.69, 9.17) is 21.1 Å². The second-order valence-electron chi connectivity index (χ2n) is 7.52. The minimum atomic E-state index is -0.0201. The van der Waals surface area contributed by atoms with Gasteiger partial charge in [-0.3, -0.25) is 4.79 Å². The van der Waals surface area contributed by atoms with E-state index in [0.29, 0.717) is 30.5 Å². The van der Waals surface area contributed by atoms with Crippen LogP contribution in [0, 0.1) is 13.8 Å². The average molecular weight is 418 g/mol. The molecule has 1 unspecified atom stereocenters. The molecule has 5 nitrogen and oxygen atoms in total. The summed E-state index contributed by atoms with van der Waals surface area (Å²) in [6, 6.07) is 8.06. The number of ether oxygens (including phenoxy) is 2. The Hall–Kier alpha value is -2.24. The van der Waals surface area contributed by atoms with E-state index in [1.165, 1.54) is 16.0 Å². The third kappa shape index (κ3) is 5.22. The van der Waals surface area contributed by atoms with Crippen LogP contribution in [0.25, 0.3) is 0 Å². The normalized spacial score (nSPS) is 15.6. The first kappa shape index (κ1) is 21.5. The fraction of sp³-hybridized carbons (Fsp3) is 0.435. The quantitative estimate of drug-likeness (QED) is 0.726. The third-order valence-corrected chi connectivity index (χ3v) is 5.46. The lowest BCUT2D eigenvalue weighted by atomic mass is 9.98. The van der Waals surface area contributed by atoms with Gasteiger partial charge in [0.1, 0.15) is 6.54 Å². The van der Waals surface area contributed by atoms with Crippen molar-refractivity contribution in [2.24, 2.45) is 0 Å². The number of fused-ring (bicyclic) bond motifs is 1. The van der Waals surface area contributed by atoms with E-state index in [2.05, 4.69) is 17.4 Å². The zero-order chi connectivity index (χ0) is 21.0. The molecule has 6 heteroatoms. The maximum atomic E-state index is 12.7. The molecule has 1 amide bonds. The first-order valence-electron chi connectivity index (χ1n) is 10.2. The van der Waals surface area contributed by atoms with Crippen molar-refractivity contribution in [1.29, 1.82) is 0 Å². The number of amides is 1. The molecule has 0 spiro atoms. The Bertz CT molecular complexity index is 875. The number of hydrogen-bond donors (Lipinski definition) is 2. The molecule has 2 aromatic rings. The Labute approximate surface area is 177 Å². The van der Waals surface area contributed by atoms with Crippen molar-refractivity contribution in [3.63, 3.8) is 0 Å². The number of anilines is 1. The second-order valence-corrected chi connectivity index (χ2v) is 7.93. The number of carbonyl (C=O) groups excluding carboxylic acids is 1. The fourth-order valence-corrected chi connectivity index (χ4v) is 4.25.